The van der Waals surface area contributed by atoms with Gasteiger partial charge in [0, 0.05) is 13.2 Å². The Kier molecular flexibility index (Phi) is 3.98. The van der Waals surface area contributed by atoms with Crippen molar-refractivity contribution in [2.24, 2.45) is 10.9 Å². The van der Waals surface area contributed by atoms with Gasteiger partial charge in [-0.15, -0.1) is 0 Å². The second-order valence-electron chi connectivity index (χ2n) is 3.31. The van der Waals surface area contributed by atoms with E-state index < -0.39 is 0 Å². The van der Waals surface area contributed by atoms with E-state index in [-0.39, 0.29) is 5.84 Å². The largest absolute Gasteiger partial charge is 0.409 e. The molecule has 5 heteroatoms. The normalized spacial score (nSPS) is 25.3. The van der Waals surface area contributed by atoms with Crippen LogP contribution in [0, 0.1) is 0 Å². The van der Waals surface area contributed by atoms with E-state index in [1.54, 1.807) is 7.11 Å². The van der Waals surface area contributed by atoms with E-state index in [2.05, 4.69) is 10.1 Å². The summed E-state index contributed by atoms with van der Waals surface area (Å²) >= 11 is 0. The predicted octanol–water partition coefficient (Wildman–Crippen LogP) is -0.156. The summed E-state index contributed by atoms with van der Waals surface area (Å²) in [5, 5.41) is 11.4. The lowest BCUT2D eigenvalue weighted by Gasteiger charge is -2.22. The van der Waals surface area contributed by atoms with Gasteiger partial charge in [0.2, 0.25) is 0 Å². The van der Waals surface area contributed by atoms with E-state index in [9.17, 15) is 0 Å². The van der Waals surface area contributed by atoms with Crippen LogP contribution in [0.25, 0.3) is 0 Å². The molecule has 0 aromatic rings. The van der Waals surface area contributed by atoms with Crippen molar-refractivity contribution < 1.29 is 9.94 Å². The Bertz CT molecular complexity index is 184. The molecule has 1 unspecified atom stereocenters. The summed E-state index contributed by atoms with van der Waals surface area (Å²) in [6.45, 7) is 2.26. The van der Waals surface area contributed by atoms with Crippen molar-refractivity contribution in [2.45, 2.75) is 18.9 Å². The zero-order valence-corrected chi connectivity index (χ0v) is 7.94. The molecule has 0 saturated carbocycles. The molecule has 0 spiro atoms. The molecule has 13 heavy (non-hydrogen) atoms. The highest BCUT2D eigenvalue weighted by atomic mass is 16.5. The first-order valence-electron chi connectivity index (χ1n) is 4.47. The number of hydrogen-bond donors (Lipinski definition) is 2. The van der Waals surface area contributed by atoms with Crippen molar-refractivity contribution in [3.63, 3.8) is 0 Å². The summed E-state index contributed by atoms with van der Waals surface area (Å²) in [6, 6.07) is 0.422. The third kappa shape index (κ3) is 2.86. The lowest BCUT2D eigenvalue weighted by Crippen LogP contribution is -2.39. The van der Waals surface area contributed by atoms with Crippen LogP contribution in [0.1, 0.15) is 12.8 Å². The Labute approximate surface area is 78.1 Å². The van der Waals surface area contributed by atoms with E-state index in [1.807, 2.05) is 0 Å². The average molecular weight is 187 g/mol. The van der Waals surface area contributed by atoms with Crippen molar-refractivity contribution >= 4 is 5.84 Å². The molecule has 1 heterocycles. The van der Waals surface area contributed by atoms with Crippen LogP contribution < -0.4 is 5.73 Å². The quantitative estimate of drug-likeness (QED) is 0.278. The van der Waals surface area contributed by atoms with Crippen molar-refractivity contribution in [1.82, 2.24) is 4.90 Å². The molecule has 0 bridgehead atoms. The van der Waals surface area contributed by atoms with Crippen molar-refractivity contribution in [1.29, 1.82) is 0 Å². The summed E-state index contributed by atoms with van der Waals surface area (Å²) < 4.78 is 5.09. The fourth-order valence-electron chi connectivity index (χ4n) is 1.72. The molecular formula is C8H17N3O2. The van der Waals surface area contributed by atoms with E-state index in [0.29, 0.717) is 12.6 Å². The lowest BCUT2D eigenvalue weighted by molar-refractivity contribution is 0.123. The molecule has 0 amide bonds. The van der Waals surface area contributed by atoms with Gasteiger partial charge in [0.15, 0.2) is 5.84 Å². The highest BCUT2D eigenvalue weighted by Crippen LogP contribution is 2.16. The van der Waals surface area contributed by atoms with Gasteiger partial charge >= 0.3 is 0 Å². The van der Waals surface area contributed by atoms with Crippen molar-refractivity contribution in [2.75, 3.05) is 26.8 Å². The highest BCUT2D eigenvalue weighted by molar-refractivity contribution is 5.81. The maximum absolute atomic E-state index is 8.42. The van der Waals surface area contributed by atoms with E-state index in [0.717, 1.165) is 26.0 Å². The monoisotopic (exact) mass is 187 g/mol. The summed E-state index contributed by atoms with van der Waals surface area (Å²) in [5.41, 5.74) is 5.43. The Hall–Kier alpha value is -0.810. The van der Waals surface area contributed by atoms with Gasteiger partial charge in [-0.2, -0.15) is 0 Å². The Morgan fingerprint density at radius 1 is 1.77 bits per heavy atom. The number of oxime groups is 1. The highest BCUT2D eigenvalue weighted by Gasteiger charge is 2.24. The molecule has 0 radical (unpaired) electrons. The standard InChI is InChI=1S/C8H17N3O2/c1-13-6-7-3-2-4-11(7)5-8(9)10-12/h7,12H,2-6H2,1H3,(H2,9,10). The number of rotatable bonds is 4. The second kappa shape index (κ2) is 5.04. The number of nitrogens with two attached hydrogens (primary N) is 1. The van der Waals surface area contributed by atoms with Gasteiger partial charge in [0.1, 0.15) is 0 Å². The number of likely N-dealkylation sites (tertiary alicyclic amines) is 1. The van der Waals surface area contributed by atoms with E-state index in [1.165, 1.54) is 0 Å². The molecule has 1 aliphatic heterocycles. The zero-order chi connectivity index (χ0) is 9.68. The molecule has 1 fully saturated rings. The van der Waals surface area contributed by atoms with Crippen LogP contribution in [0.3, 0.4) is 0 Å². The molecule has 0 aromatic carbocycles. The van der Waals surface area contributed by atoms with Gasteiger partial charge in [-0.05, 0) is 19.4 Å². The smallest absolute Gasteiger partial charge is 0.153 e. The number of hydrogen-bond acceptors (Lipinski definition) is 4. The predicted molar refractivity (Wildman–Crippen MR) is 49.9 cm³/mol. The van der Waals surface area contributed by atoms with Crippen molar-refractivity contribution in [3.05, 3.63) is 0 Å². The first-order chi connectivity index (χ1) is 6.27. The molecular weight excluding hydrogens is 170 g/mol. The summed E-state index contributed by atoms with van der Waals surface area (Å²) in [7, 11) is 1.69. The molecule has 1 aliphatic rings. The van der Waals surface area contributed by atoms with E-state index in [4.69, 9.17) is 15.7 Å². The average Bonchev–Trinajstić information content (AvgIpc) is 2.54. The van der Waals surface area contributed by atoms with Crippen LogP contribution in [0.15, 0.2) is 5.16 Å². The van der Waals surface area contributed by atoms with Crippen LogP contribution in [-0.2, 0) is 4.74 Å². The SMILES string of the molecule is COCC1CCCN1C/C(N)=N/O. The minimum absolute atomic E-state index is 0.267. The first-order valence-corrected chi connectivity index (χ1v) is 4.47. The number of amidine groups is 1. The van der Waals surface area contributed by atoms with E-state index >= 15 is 0 Å². The third-order valence-corrected chi connectivity index (χ3v) is 2.35. The van der Waals surface area contributed by atoms with Crippen LogP contribution in [0.2, 0.25) is 0 Å². The molecule has 76 valence electrons. The van der Waals surface area contributed by atoms with Crippen LogP contribution in [0.4, 0.5) is 0 Å². The fraction of sp³-hybridized carbons (Fsp3) is 0.875. The molecule has 0 aliphatic carbocycles. The van der Waals surface area contributed by atoms with Crippen LogP contribution in [-0.4, -0.2) is 48.8 Å². The molecule has 1 atom stereocenters. The minimum Gasteiger partial charge on any atom is -0.409 e. The Morgan fingerprint density at radius 3 is 3.15 bits per heavy atom. The molecule has 5 nitrogen and oxygen atoms in total. The molecule has 3 N–H and O–H groups in total. The second-order valence-corrected chi connectivity index (χ2v) is 3.31. The molecule has 0 aromatic heterocycles. The maximum atomic E-state index is 8.42. The van der Waals surface area contributed by atoms with Gasteiger partial charge in [-0.1, -0.05) is 5.16 Å². The topological polar surface area (TPSA) is 71.1 Å². The van der Waals surface area contributed by atoms with Crippen molar-refractivity contribution in [3.8, 4) is 0 Å². The van der Waals surface area contributed by atoms with Gasteiger partial charge in [-0.3, -0.25) is 4.90 Å². The first kappa shape index (κ1) is 10.3. The summed E-state index contributed by atoms with van der Waals surface area (Å²) in [4.78, 5) is 2.18. The zero-order valence-electron chi connectivity index (χ0n) is 7.94. The van der Waals surface area contributed by atoms with Gasteiger partial charge < -0.3 is 15.7 Å². The van der Waals surface area contributed by atoms with Gasteiger partial charge in [-0.25, -0.2) is 0 Å². The number of methoxy groups -OCH3 is 1. The number of ether oxygens (including phenoxy) is 1. The van der Waals surface area contributed by atoms with Crippen LogP contribution in [0.5, 0.6) is 0 Å². The fourth-order valence-corrected chi connectivity index (χ4v) is 1.72. The third-order valence-electron chi connectivity index (χ3n) is 2.35. The Balaban J connectivity index is 2.39. The van der Waals surface area contributed by atoms with Gasteiger partial charge in [0.25, 0.3) is 0 Å². The molecule has 1 rings (SSSR count). The molecule has 1 saturated heterocycles. The number of nitrogens with zero attached hydrogens (tertiary/aromatic N) is 2. The van der Waals surface area contributed by atoms with Crippen LogP contribution >= 0.6 is 0 Å². The summed E-state index contributed by atoms with van der Waals surface area (Å²) in [6.07, 6.45) is 2.29. The van der Waals surface area contributed by atoms with Gasteiger partial charge in [0.05, 0.1) is 13.2 Å². The Morgan fingerprint density at radius 2 is 2.54 bits per heavy atom. The minimum atomic E-state index is 0.267. The summed E-state index contributed by atoms with van der Waals surface area (Å²) in [5.74, 6) is 0.267. The lowest BCUT2D eigenvalue weighted by atomic mass is 10.2. The maximum Gasteiger partial charge on any atom is 0.153 e.